The smallest absolute Gasteiger partial charge is 0.372 e. The average Bonchev–Trinajstić information content (AvgIpc) is 2.97. The van der Waals surface area contributed by atoms with Crippen LogP contribution in [0.25, 0.3) is 11.4 Å². The predicted molar refractivity (Wildman–Crippen MR) is 69.8 cm³/mol. The molecule has 2 rings (SSSR count). The molecule has 1 atom stereocenters. The monoisotopic (exact) mass is 315 g/mol. The maximum absolute atomic E-state index is 12.4. The lowest BCUT2D eigenvalue weighted by Crippen LogP contribution is -2.26. The van der Waals surface area contributed by atoms with E-state index in [9.17, 15) is 18.0 Å². The molecule has 0 radical (unpaired) electrons. The average molecular weight is 315 g/mol. The minimum atomic E-state index is -4.69. The SMILES string of the molecule is COC(C)C(=O)Nc1ccc(-c2noc(C(F)(F)F)n2)cc1. The van der Waals surface area contributed by atoms with Gasteiger partial charge in [0, 0.05) is 18.4 Å². The summed E-state index contributed by atoms with van der Waals surface area (Å²) >= 11 is 0. The summed E-state index contributed by atoms with van der Waals surface area (Å²) in [7, 11) is 1.40. The number of hydrogen-bond donors (Lipinski definition) is 1. The van der Waals surface area contributed by atoms with Crippen molar-refractivity contribution in [2.75, 3.05) is 12.4 Å². The van der Waals surface area contributed by atoms with Crippen LogP contribution in [-0.4, -0.2) is 29.3 Å². The minimum Gasteiger partial charge on any atom is -0.372 e. The molecule has 1 heterocycles. The summed E-state index contributed by atoms with van der Waals surface area (Å²) in [4.78, 5) is 14.9. The lowest BCUT2D eigenvalue weighted by Gasteiger charge is -2.10. The topological polar surface area (TPSA) is 77.2 Å². The fraction of sp³-hybridized carbons (Fsp3) is 0.308. The van der Waals surface area contributed by atoms with Gasteiger partial charge in [-0.3, -0.25) is 4.79 Å². The molecule has 1 aromatic carbocycles. The zero-order chi connectivity index (χ0) is 16.3. The summed E-state index contributed by atoms with van der Waals surface area (Å²) < 4.78 is 46.1. The lowest BCUT2D eigenvalue weighted by molar-refractivity contribution is -0.159. The van der Waals surface area contributed by atoms with Gasteiger partial charge in [-0.15, -0.1) is 0 Å². The number of benzene rings is 1. The van der Waals surface area contributed by atoms with E-state index in [1.807, 2.05) is 0 Å². The van der Waals surface area contributed by atoms with Crippen LogP contribution in [0.15, 0.2) is 28.8 Å². The number of nitrogens with one attached hydrogen (secondary N) is 1. The molecule has 0 aliphatic heterocycles. The Bertz CT molecular complexity index is 653. The number of aromatic nitrogens is 2. The first-order valence-electron chi connectivity index (χ1n) is 6.16. The van der Waals surface area contributed by atoms with Crippen LogP contribution < -0.4 is 5.32 Å². The largest absolute Gasteiger partial charge is 0.471 e. The number of ether oxygens (including phenoxy) is 1. The van der Waals surface area contributed by atoms with E-state index in [-0.39, 0.29) is 11.7 Å². The number of anilines is 1. The van der Waals surface area contributed by atoms with E-state index >= 15 is 0 Å². The highest BCUT2D eigenvalue weighted by molar-refractivity contribution is 5.94. The van der Waals surface area contributed by atoms with Gasteiger partial charge in [-0.1, -0.05) is 5.16 Å². The molecule has 118 valence electrons. The molecule has 6 nitrogen and oxygen atoms in total. The van der Waals surface area contributed by atoms with Crippen LogP contribution in [0, 0.1) is 0 Å². The number of alkyl halides is 3. The van der Waals surface area contributed by atoms with Crippen molar-refractivity contribution >= 4 is 11.6 Å². The summed E-state index contributed by atoms with van der Waals surface area (Å²) in [6.45, 7) is 1.59. The van der Waals surface area contributed by atoms with E-state index in [2.05, 4.69) is 20.0 Å². The van der Waals surface area contributed by atoms with E-state index in [0.717, 1.165) is 0 Å². The molecule has 0 saturated heterocycles. The fourth-order valence-corrected chi connectivity index (χ4v) is 1.51. The second-order valence-electron chi connectivity index (χ2n) is 4.37. The van der Waals surface area contributed by atoms with Crippen LogP contribution in [0.1, 0.15) is 12.8 Å². The third kappa shape index (κ3) is 3.61. The molecule has 0 fully saturated rings. The number of halogens is 3. The Morgan fingerprint density at radius 3 is 2.45 bits per heavy atom. The summed E-state index contributed by atoms with van der Waals surface area (Å²) in [6, 6.07) is 5.97. The van der Waals surface area contributed by atoms with Gasteiger partial charge >= 0.3 is 12.1 Å². The maximum atomic E-state index is 12.4. The first kappa shape index (κ1) is 16.0. The van der Waals surface area contributed by atoms with Crippen molar-refractivity contribution < 1.29 is 27.2 Å². The molecule has 1 aromatic heterocycles. The molecule has 1 N–H and O–H groups in total. The number of rotatable bonds is 4. The van der Waals surface area contributed by atoms with E-state index in [0.29, 0.717) is 11.3 Å². The summed E-state index contributed by atoms with van der Waals surface area (Å²) in [5.41, 5.74) is 0.800. The quantitative estimate of drug-likeness (QED) is 0.938. The Morgan fingerprint density at radius 1 is 1.32 bits per heavy atom. The highest BCUT2D eigenvalue weighted by atomic mass is 19.4. The zero-order valence-corrected chi connectivity index (χ0v) is 11.6. The van der Waals surface area contributed by atoms with Crippen molar-refractivity contribution in [3.05, 3.63) is 30.2 Å². The summed E-state index contributed by atoms with van der Waals surface area (Å²) in [5.74, 6) is -1.93. The Labute approximate surface area is 123 Å². The van der Waals surface area contributed by atoms with Gasteiger partial charge in [-0.2, -0.15) is 18.2 Å². The van der Waals surface area contributed by atoms with Crippen molar-refractivity contribution in [1.82, 2.24) is 10.1 Å². The van der Waals surface area contributed by atoms with Crippen molar-refractivity contribution in [2.24, 2.45) is 0 Å². The van der Waals surface area contributed by atoms with Gasteiger partial charge < -0.3 is 14.6 Å². The first-order chi connectivity index (χ1) is 10.3. The second-order valence-corrected chi connectivity index (χ2v) is 4.37. The van der Waals surface area contributed by atoms with Gasteiger partial charge in [0.2, 0.25) is 5.82 Å². The summed E-state index contributed by atoms with van der Waals surface area (Å²) in [6.07, 6.45) is -5.30. The third-order valence-corrected chi connectivity index (χ3v) is 2.80. The number of amides is 1. The van der Waals surface area contributed by atoms with Crippen LogP contribution in [-0.2, 0) is 15.7 Å². The molecule has 1 amide bonds. The molecular formula is C13H12F3N3O3. The Morgan fingerprint density at radius 2 is 1.95 bits per heavy atom. The fourth-order valence-electron chi connectivity index (χ4n) is 1.51. The van der Waals surface area contributed by atoms with Gasteiger partial charge in [0.1, 0.15) is 6.10 Å². The molecule has 2 aromatic rings. The lowest BCUT2D eigenvalue weighted by atomic mass is 10.2. The Balaban J connectivity index is 2.12. The molecule has 0 saturated carbocycles. The highest BCUT2D eigenvalue weighted by Gasteiger charge is 2.38. The Kier molecular flexibility index (Phi) is 4.45. The normalized spacial score (nSPS) is 13.0. The van der Waals surface area contributed by atoms with Gasteiger partial charge in [-0.05, 0) is 31.2 Å². The number of nitrogens with zero attached hydrogens (tertiary/aromatic N) is 2. The number of carbonyl (C=O) groups is 1. The van der Waals surface area contributed by atoms with Gasteiger partial charge in [0.05, 0.1) is 0 Å². The van der Waals surface area contributed by atoms with Gasteiger partial charge in [0.15, 0.2) is 0 Å². The van der Waals surface area contributed by atoms with Crippen LogP contribution in [0.2, 0.25) is 0 Å². The van der Waals surface area contributed by atoms with E-state index in [1.165, 1.54) is 31.4 Å². The van der Waals surface area contributed by atoms with Crippen LogP contribution in [0.3, 0.4) is 0 Å². The van der Waals surface area contributed by atoms with Gasteiger partial charge in [-0.25, -0.2) is 0 Å². The maximum Gasteiger partial charge on any atom is 0.471 e. The van der Waals surface area contributed by atoms with Crippen molar-refractivity contribution in [3.8, 4) is 11.4 Å². The van der Waals surface area contributed by atoms with Crippen LogP contribution in [0.4, 0.5) is 18.9 Å². The third-order valence-electron chi connectivity index (χ3n) is 2.80. The predicted octanol–water partition coefficient (Wildman–Crippen LogP) is 2.73. The highest BCUT2D eigenvalue weighted by Crippen LogP contribution is 2.29. The number of carbonyl (C=O) groups excluding carboxylic acids is 1. The number of methoxy groups -OCH3 is 1. The molecular weight excluding hydrogens is 303 g/mol. The van der Waals surface area contributed by atoms with Crippen LogP contribution >= 0.6 is 0 Å². The second kappa shape index (κ2) is 6.14. The van der Waals surface area contributed by atoms with E-state index in [1.54, 1.807) is 6.92 Å². The van der Waals surface area contributed by atoms with Crippen molar-refractivity contribution in [3.63, 3.8) is 0 Å². The molecule has 0 aliphatic carbocycles. The van der Waals surface area contributed by atoms with E-state index < -0.39 is 18.2 Å². The van der Waals surface area contributed by atoms with Crippen LogP contribution in [0.5, 0.6) is 0 Å². The molecule has 9 heteroatoms. The molecule has 1 unspecified atom stereocenters. The molecule has 0 spiro atoms. The Hall–Kier alpha value is -2.42. The summed E-state index contributed by atoms with van der Waals surface area (Å²) in [5, 5.41) is 5.86. The van der Waals surface area contributed by atoms with Crippen molar-refractivity contribution in [2.45, 2.75) is 19.2 Å². The first-order valence-corrected chi connectivity index (χ1v) is 6.16. The molecule has 0 bridgehead atoms. The van der Waals surface area contributed by atoms with Crippen molar-refractivity contribution in [1.29, 1.82) is 0 Å². The van der Waals surface area contributed by atoms with Gasteiger partial charge in [0.25, 0.3) is 5.91 Å². The number of hydrogen-bond acceptors (Lipinski definition) is 5. The molecule has 0 aliphatic rings. The standard InChI is InChI=1S/C13H12F3N3O3/c1-7(21-2)11(20)17-9-5-3-8(4-6-9)10-18-12(22-19-10)13(14,15)16/h3-7H,1-2H3,(H,17,20). The van der Waals surface area contributed by atoms with E-state index in [4.69, 9.17) is 4.74 Å². The minimum absolute atomic E-state index is 0.185. The zero-order valence-electron chi connectivity index (χ0n) is 11.6. The molecule has 22 heavy (non-hydrogen) atoms.